The number of carbonyl (C=O) groups is 1. The molecule has 0 atom stereocenters. The number of hydrogen-bond donors (Lipinski definition) is 1. The van der Waals surface area contributed by atoms with Gasteiger partial charge in [0.15, 0.2) is 5.65 Å². The van der Waals surface area contributed by atoms with Crippen molar-refractivity contribution in [1.82, 2.24) is 14.6 Å². The van der Waals surface area contributed by atoms with Crippen LogP contribution in [-0.2, 0) is 16.0 Å². The quantitative estimate of drug-likeness (QED) is 0.496. The summed E-state index contributed by atoms with van der Waals surface area (Å²) < 4.78 is 62.8. The van der Waals surface area contributed by atoms with Gasteiger partial charge >= 0.3 is 6.18 Å². The van der Waals surface area contributed by atoms with Crippen molar-refractivity contribution < 1.29 is 31.3 Å². The zero-order chi connectivity index (χ0) is 21.6. The number of hydrogen-bond acceptors (Lipinski definition) is 7. The first-order valence-corrected chi connectivity index (χ1v) is 9.49. The Hall–Kier alpha value is -3.55. The van der Waals surface area contributed by atoms with E-state index in [9.17, 15) is 36.5 Å². The molecular formula is C15H10F3N5O5S. The molecule has 0 radical (unpaired) electrons. The van der Waals surface area contributed by atoms with Crippen LogP contribution in [0.25, 0.3) is 5.65 Å². The van der Waals surface area contributed by atoms with Gasteiger partial charge in [-0.1, -0.05) is 0 Å². The molecule has 0 unspecified atom stereocenters. The highest BCUT2D eigenvalue weighted by Gasteiger charge is 2.34. The van der Waals surface area contributed by atoms with Crippen LogP contribution in [0.3, 0.4) is 0 Å². The molecule has 0 fully saturated rings. The standard InChI is InChI=1S/C15H10F3N5O5S/c1-29(27,28)14-21-20-12-5-3-9(7-22(12)14)19-13(24)10-4-2-8(15(16,17)18)6-11(10)23(25)26/h2-7H,1H3,(H,19,24). The molecule has 2 aromatic heterocycles. The van der Waals surface area contributed by atoms with Crippen molar-refractivity contribution in [2.75, 3.05) is 11.6 Å². The van der Waals surface area contributed by atoms with Gasteiger partial charge in [0, 0.05) is 18.5 Å². The number of rotatable bonds is 4. The number of alkyl halides is 3. The van der Waals surface area contributed by atoms with Crippen molar-refractivity contribution in [3.63, 3.8) is 0 Å². The number of nitro benzene ring substituents is 1. The molecule has 0 spiro atoms. The van der Waals surface area contributed by atoms with E-state index in [0.29, 0.717) is 12.1 Å². The average Bonchev–Trinajstić information content (AvgIpc) is 3.03. The van der Waals surface area contributed by atoms with Crippen molar-refractivity contribution >= 4 is 32.8 Å². The fourth-order valence-electron chi connectivity index (χ4n) is 2.45. The highest BCUT2D eigenvalue weighted by Crippen LogP contribution is 2.33. The number of benzene rings is 1. The van der Waals surface area contributed by atoms with E-state index in [1.807, 2.05) is 0 Å². The normalized spacial score (nSPS) is 12.1. The van der Waals surface area contributed by atoms with Crippen LogP contribution in [0.5, 0.6) is 0 Å². The van der Waals surface area contributed by atoms with E-state index < -0.39 is 48.8 Å². The summed E-state index contributed by atoms with van der Waals surface area (Å²) in [7, 11) is -3.74. The maximum atomic E-state index is 12.8. The van der Waals surface area contributed by atoms with Gasteiger partial charge in [-0.15, -0.1) is 10.2 Å². The third-order valence-electron chi connectivity index (χ3n) is 3.73. The summed E-state index contributed by atoms with van der Waals surface area (Å²) in [6, 6.07) is 4.16. The first-order chi connectivity index (χ1) is 13.4. The van der Waals surface area contributed by atoms with Gasteiger partial charge in [-0.25, -0.2) is 8.42 Å². The zero-order valence-electron chi connectivity index (χ0n) is 14.3. The van der Waals surface area contributed by atoms with E-state index in [-0.39, 0.29) is 17.4 Å². The predicted molar refractivity (Wildman–Crippen MR) is 92.1 cm³/mol. The average molecular weight is 429 g/mol. The highest BCUT2D eigenvalue weighted by molar-refractivity contribution is 7.90. The minimum absolute atomic E-state index is 0.0152. The third kappa shape index (κ3) is 4.01. The molecule has 0 aliphatic rings. The summed E-state index contributed by atoms with van der Waals surface area (Å²) in [4.78, 5) is 22.4. The topological polar surface area (TPSA) is 137 Å². The van der Waals surface area contributed by atoms with E-state index in [4.69, 9.17) is 0 Å². The maximum absolute atomic E-state index is 12.8. The number of nitrogens with zero attached hydrogens (tertiary/aromatic N) is 4. The number of amides is 1. The molecule has 0 saturated carbocycles. The Kier molecular flexibility index (Phi) is 4.74. The van der Waals surface area contributed by atoms with E-state index in [1.165, 1.54) is 18.3 Å². The first-order valence-electron chi connectivity index (χ1n) is 7.60. The number of fused-ring (bicyclic) bond motifs is 1. The number of carbonyl (C=O) groups excluding carboxylic acids is 1. The summed E-state index contributed by atoms with van der Waals surface area (Å²) in [5, 5.41) is 20.2. The van der Waals surface area contributed by atoms with Gasteiger partial charge < -0.3 is 5.32 Å². The lowest BCUT2D eigenvalue weighted by Gasteiger charge is -2.10. The minimum atomic E-state index is -4.82. The number of nitrogens with one attached hydrogen (secondary N) is 1. The van der Waals surface area contributed by atoms with Crippen molar-refractivity contribution in [2.24, 2.45) is 0 Å². The fourth-order valence-corrected chi connectivity index (χ4v) is 3.14. The smallest absolute Gasteiger partial charge is 0.320 e. The first kappa shape index (κ1) is 20.2. The monoisotopic (exact) mass is 429 g/mol. The van der Waals surface area contributed by atoms with Crippen LogP contribution in [0.2, 0.25) is 0 Å². The van der Waals surface area contributed by atoms with Gasteiger partial charge in [0.25, 0.3) is 16.8 Å². The number of halogens is 3. The van der Waals surface area contributed by atoms with Crippen molar-refractivity contribution in [3.8, 4) is 0 Å². The number of aromatic nitrogens is 3. The van der Waals surface area contributed by atoms with Gasteiger partial charge in [0.05, 0.1) is 16.2 Å². The van der Waals surface area contributed by atoms with Gasteiger partial charge in [0.2, 0.25) is 9.84 Å². The fraction of sp³-hybridized carbons (Fsp3) is 0.133. The second-order valence-corrected chi connectivity index (χ2v) is 7.75. The number of nitro groups is 1. The molecule has 0 aliphatic heterocycles. The lowest BCUT2D eigenvalue weighted by atomic mass is 10.1. The van der Waals surface area contributed by atoms with Gasteiger partial charge in [-0.3, -0.25) is 19.3 Å². The van der Waals surface area contributed by atoms with Crippen LogP contribution in [0, 0.1) is 10.1 Å². The molecule has 10 nitrogen and oxygen atoms in total. The Balaban J connectivity index is 1.99. The summed E-state index contributed by atoms with van der Waals surface area (Å²) >= 11 is 0. The second kappa shape index (κ2) is 6.80. The summed E-state index contributed by atoms with van der Waals surface area (Å²) in [6.07, 6.45) is -2.75. The number of sulfone groups is 1. The van der Waals surface area contributed by atoms with Crippen LogP contribution >= 0.6 is 0 Å². The number of anilines is 1. The molecule has 3 aromatic rings. The van der Waals surface area contributed by atoms with E-state index in [2.05, 4.69) is 15.5 Å². The van der Waals surface area contributed by atoms with Crippen LogP contribution in [0.1, 0.15) is 15.9 Å². The minimum Gasteiger partial charge on any atom is -0.320 e. The second-order valence-electron chi connectivity index (χ2n) is 5.84. The maximum Gasteiger partial charge on any atom is 0.416 e. The van der Waals surface area contributed by atoms with E-state index >= 15 is 0 Å². The molecule has 152 valence electrons. The van der Waals surface area contributed by atoms with Crippen molar-refractivity contribution in [2.45, 2.75) is 11.3 Å². The summed E-state index contributed by atoms with van der Waals surface area (Å²) in [5.41, 5.74) is -2.73. The highest BCUT2D eigenvalue weighted by atomic mass is 32.2. The molecule has 1 aromatic carbocycles. The SMILES string of the molecule is CS(=O)(=O)c1nnc2ccc(NC(=O)c3ccc(C(F)(F)F)cc3[N+](=O)[O-])cn12. The molecule has 0 aliphatic carbocycles. The van der Waals surface area contributed by atoms with Crippen molar-refractivity contribution in [1.29, 1.82) is 0 Å². The Morgan fingerprint density at radius 1 is 1.21 bits per heavy atom. The lowest BCUT2D eigenvalue weighted by molar-refractivity contribution is -0.385. The predicted octanol–water partition coefficient (Wildman–Crippen LogP) is 2.31. The molecular weight excluding hydrogens is 419 g/mol. The largest absolute Gasteiger partial charge is 0.416 e. The molecule has 3 rings (SSSR count). The molecule has 14 heteroatoms. The Morgan fingerprint density at radius 3 is 2.48 bits per heavy atom. The molecule has 1 N–H and O–H groups in total. The third-order valence-corrected chi connectivity index (χ3v) is 4.67. The number of pyridine rings is 1. The molecule has 0 saturated heterocycles. The Bertz CT molecular complexity index is 1250. The molecule has 2 heterocycles. The van der Waals surface area contributed by atoms with Crippen LogP contribution < -0.4 is 5.32 Å². The van der Waals surface area contributed by atoms with Gasteiger partial charge in [-0.2, -0.15) is 13.2 Å². The molecule has 0 bridgehead atoms. The van der Waals surface area contributed by atoms with Gasteiger partial charge in [-0.05, 0) is 24.3 Å². The zero-order valence-corrected chi connectivity index (χ0v) is 15.2. The van der Waals surface area contributed by atoms with Gasteiger partial charge in [0.1, 0.15) is 5.56 Å². The lowest BCUT2D eigenvalue weighted by Crippen LogP contribution is -2.16. The van der Waals surface area contributed by atoms with Crippen LogP contribution in [0.15, 0.2) is 41.7 Å². The molecule has 29 heavy (non-hydrogen) atoms. The van der Waals surface area contributed by atoms with E-state index in [1.54, 1.807) is 0 Å². The Morgan fingerprint density at radius 2 is 1.90 bits per heavy atom. The summed E-state index contributed by atoms with van der Waals surface area (Å²) in [5.74, 6) is -1.06. The molecule has 1 amide bonds. The van der Waals surface area contributed by atoms with Crippen molar-refractivity contribution in [3.05, 3.63) is 57.8 Å². The Labute approximate surface area is 160 Å². The van der Waals surface area contributed by atoms with Crippen LogP contribution in [0.4, 0.5) is 24.5 Å². The van der Waals surface area contributed by atoms with Crippen LogP contribution in [-0.4, -0.2) is 40.1 Å². The summed E-state index contributed by atoms with van der Waals surface area (Å²) in [6.45, 7) is 0. The van der Waals surface area contributed by atoms with E-state index in [0.717, 1.165) is 10.7 Å².